The average Bonchev–Trinajstić information content (AvgIpc) is 2.84. The normalized spacial score (nSPS) is 16.4. The summed E-state index contributed by atoms with van der Waals surface area (Å²) >= 11 is 0. The van der Waals surface area contributed by atoms with E-state index in [0.717, 1.165) is 50.6 Å². The first-order valence-corrected chi connectivity index (χ1v) is 8.47. The van der Waals surface area contributed by atoms with Crippen molar-refractivity contribution in [3.63, 3.8) is 0 Å². The van der Waals surface area contributed by atoms with Crippen molar-refractivity contribution in [1.82, 2.24) is 4.90 Å². The van der Waals surface area contributed by atoms with E-state index in [-0.39, 0.29) is 0 Å². The van der Waals surface area contributed by atoms with Crippen LogP contribution in [0, 0.1) is 0 Å². The molecule has 1 heterocycles. The van der Waals surface area contributed by atoms with Gasteiger partial charge in [0.2, 0.25) is 0 Å². The summed E-state index contributed by atoms with van der Waals surface area (Å²) < 4.78 is 5.17. The Bertz CT molecular complexity index is 448. The predicted molar refractivity (Wildman–Crippen MR) is 92.5 cm³/mol. The molecule has 2 rings (SSSR count). The first kappa shape index (κ1) is 16.7. The Hall–Kier alpha value is -1.71. The van der Waals surface area contributed by atoms with Gasteiger partial charge < -0.3 is 15.4 Å². The van der Waals surface area contributed by atoms with Gasteiger partial charge in [0.05, 0.1) is 7.11 Å². The SMILES string of the molecule is COc1ccc(CCCCN=C(N)N2CCCCCC2)cc1. The lowest BCUT2D eigenvalue weighted by Gasteiger charge is -2.21. The number of methoxy groups -OCH3 is 1. The molecule has 2 N–H and O–H groups in total. The lowest BCUT2D eigenvalue weighted by molar-refractivity contribution is 0.414. The molecule has 122 valence electrons. The summed E-state index contributed by atoms with van der Waals surface area (Å²) in [7, 11) is 1.70. The number of nitrogens with zero attached hydrogens (tertiary/aromatic N) is 2. The standard InChI is InChI=1S/C18H29N3O/c1-22-17-11-9-16(10-12-17)8-4-5-13-20-18(19)21-14-6-2-3-7-15-21/h9-12H,2-8,13-15H2,1H3,(H2,19,20). The van der Waals surface area contributed by atoms with Gasteiger partial charge in [-0.1, -0.05) is 25.0 Å². The quantitative estimate of drug-likeness (QED) is 0.499. The number of aryl methyl sites for hydroxylation is 1. The molecule has 1 aromatic carbocycles. The lowest BCUT2D eigenvalue weighted by atomic mass is 10.1. The van der Waals surface area contributed by atoms with Crippen molar-refractivity contribution in [2.24, 2.45) is 10.7 Å². The van der Waals surface area contributed by atoms with Crippen molar-refractivity contribution in [2.75, 3.05) is 26.7 Å². The summed E-state index contributed by atoms with van der Waals surface area (Å²) in [4.78, 5) is 6.79. The number of hydrogen-bond donors (Lipinski definition) is 1. The summed E-state index contributed by atoms with van der Waals surface area (Å²) in [6.45, 7) is 2.97. The number of guanidine groups is 1. The Morgan fingerprint density at radius 3 is 2.41 bits per heavy atom. The fraction of sp³-hybridized carbons (Fsp3) is 0.611. The summed E-state index contributed by atoms with van der Waals surface area (Å²) in [6, 6.07) is 8.30. The molecule has 0 bridgehead atoms. The molecule has 1 fully saturated rings. The Morgan fingerprint density at radius 1 is 1.09 bits per heavy atom. The molecule has 0 saturated carbocycles. The van der Waals surface area contributed by atoms with Crippen LogP contribution in [0.3, 0.4) is 0 Å². The minimum absolute atomic E-state index is 0.742. The highest BCUT2D eigenvalue weighted by Gasteiger charge is 2.10. The van der Waals surface area contributed by atoms with Crippen LogP contribution in [0.1, 0.15) is 44.1 Å². The van der Waals surface area contributed by atoms with E-state index in [0.29, 0.717) is 0 Å². The fourth-order valence-electron chi connectivity index (χ4n) is 2.83. The minimum atomic E-state index is 0.742. The summed E-state index contributed by atoms with van der Waals surface area (Å²) in [5, 5.41) is 0. The molecule has 1 aromatic rings. The monoisotopic (exact) mass is 303 g/mol. The van der Waals surface area contributed by atoms with Crippen molar-refractivity contribution < 1.29 is 4.74 Å². The molecule has 0 aliphatic carbocycles. The van der Waals surface area contributed by atoms with E-state index in [2.05, 4.69) is 22.0 Å². The molecule has 0 radical (unpaired) electrons. The van der Waals surface area contributed by atoms with Gasteiger partial charge in [-0.2, -0.15) is 0 Å². The van der Waals surface area contributed by atoms with Gasteiger partial charge in [0.25, 0.3) is 0 Å². The van der Waals surface area contributed by atoms with Crippen LogP contribution in [0.5, 0.6) is 5.75 Å². The van der Waals surface area contributed by atoms with E-state index >= 15 is 0 Å². The third-order valence-electron chi connectivity index (χ3n) is 4.24. The summed E-state index contributed by atoms with van der Waals surface area (Å²) in [6.07, 6.45) is 8.45. The van der Waals surface area contributed by atoms with E-state index in [4.69, 9.17) is 10.5 Å². The van der Waals surface area contributed by atoms with Crippen LogP contribution in [0.15, 0.2) is 29.3 Å². The van der Waals surface area contributed by atoms with Gasteiger partial charge >= 0.3 is 0 Å². The lowest BCUT2D eigenvalue weighted by Crippen LogP contribution is -2.38. The highest BCUT2D eigenvalue weighted by molar-refractivity contribution is 5.78. The zero-order chi connectivity index (χ0) is 15.6. The number of ether oxygens (including phenoxy) is 1. The van der Waals surface area contributed by atoms with Crippen LogP contribution >= 0.6 is 0 Å². The van der Waals surface area contributed by atoms with Crippen LogP contribution in [-0.2, 0) is 6.42 Å². The first-order valence-electron chi connectivity index (χ1n) is 8.47. The molecule has 22 heavy (non-hydrogen) atoms. The molecule has 1 saturated heterocycles. The maximum absolute atomic E-state index is 6.11. The van der Waals surface area contributed by atoms with E-state index in [1.807, 2.05) is 12.1 Å². The van der Waals surface area contributed by atoms with Crippen LogP contribution in [0.25, 0.3) is 0 Å². The van der Waals surface area contributed by atoms with E-state index in [9.17, 15) is 0 Å². The minimum Gasteiger partial charge on any atom is -0.497 e. The molecule has 4 heteroatoms. The smallest absolute Gasteiger partial charge is 0.191 e. The second-order valence-corrected chi connectivity index (χ2v) is 5.95. The van der Waals surface area contributed by atoms with Crippen LogP contribution in [0.4, 0.5) is 0 Å². The molecule has 0 aromatic heterocycles. The molecule has 0 unspecified atom stereocenters. The highest BCUT2D eigenvalue weighted by atomic mass is 16.5. The number of benzene rings is 1. The Balaban J connectivity index is 1.65. The van der Waals surface area contributed by atoms with Crippen molar-refractivity contribution >= 4 is 5.96 Å². The molecule has 4 nitrogen and oxygen atoms in total. The van der Waals surface area contributed by atoms with Crippen LogP contribution < -0.4 is 10.5 Å². The largest absolute Gasteiger partial charge is 0.497 e. The average molecular weight is 303 g/mol. The highest BCUT2D eigenvalue weighted by Crippen LogP contribution is 2.13. The van der Waals surface area contributed by atoms with Crippen molar-refractivity contribution in [1.29, 1.82) is 0 Å². The zero-order valence-electron chi connectivity index (χ0n) is 13.8. The second-order valence-electron chi connectivity index (χ2n) is 5.95. The van der Waals surface area contributed by atoms with Crippen LogP contribution in [-0.4, -0.2) is 37.6 Å². The Labute approximate surface area is 134 Å². The van der Waals surface area contributed by atoms with Crippen molar-refractivity contribution in [3.05, 3.63) is 29.8 Å². The van der Waals surface area contributed by atoms with Crippen LogP contribution in [0.2, 0.25) is 0 Å². The number of rotatable bonds is 6. The summed E-state index contributed by atoms with van der Waals surface area (Å²) in [5.74, 6) is 1.66. The summed E-state index contributed by atoms with van der Waals surface area (Å²) in [5.41, 5.74) is 7.46. The molecular weight excluding hydrogens is 274 g/mol. The van der Waals surface area contributed by atoms with Gasteiger partial charge in [0.15, 0.2) is 5.96 Å². The van der Waals surface area contributed by atoms with E-state index in [1.54, 1.807) is 7.11 Å². The topological polar surface area (TPSA) is 50.9 Å². The number of nitrogens with two attached hydrogens (primary N) is 1. The first-order chi connectivity index (χ1) is 10.8. The van der Waals surface area contributed by atoms with E-state index < -0.39 is 0 Å². The van der Waals surface area contributed by atoms with Gasteiger partial charge in [0.1, 0.15) is 5.75 Å². The zero-order valence-corrected chi connectivity index (χ0v) is 13.8. The number of hydrogen-bond acceptors (Lipinski definition) is 2. The van der Waals surface area contributed by atoms with E-state index in [1.165, 1.54) is 31.2 Å². The third kappa shape index (κ3) is 5.58. The molecule has 1 aliphatic heterocycles. The van der Waals surface area contributed by atoms with Crippen molar-refractivity contribution in [2.45, 2.75) is 44.9 Å². The Morgan fingerprint density at radius 2 is 1.77 bits per heavy atom. The molecule has 1 aliphatic rings. The van der Waals surface area contributed by atoms with Gasteiger partial charge in [-0.3, -0.25) is 4.99 Å². The maximum atomic E-state index is 6.11. The molecule has 0 atom stereocenters. The number of aliphatic imine (C=N–C) groups is 1. The van der Waals surface area contributed by atoms with Gasteiger partial charge in [-0.05, 0) is 49.8 Å². The fourth-order valence-corrected chi connectivity index (χ4v) is 2.83. The third-order valence-corrected chi connectivity index (χ3v) is 4.24. The van der Waals surface area contributed by atoms with Crippen molar-refractivity contribution in [3.8, 4) is 5.75 Å². The molecular formula is C18H29N3O. The number of likely N-dealkylation sites (tertiary alicyclic amines) is 1. The Kier molecular flexibility index (Phi) is 7.07. The maximum Gasteiger partial charge on any atom is 0.191 e. The van der Waals surface area contributed by atoms with Gasteiger partial charge in [-0.15, -0.1) is 0 Å². The second kappa shape index (κ2) is 9.34. The van der Waals surface area contributed by atoms with Gasteiger partial charge in [-0.25, -0.2) is 0 Å². The van der Waals surface area contributed by atoms with Gasteiger partial charge in [0, 0.05) is 19.6 Å². The number of unbranched alkanes of at least 4 members (excludes halogenated alkanes) is 1. The molecule has 0 spiro atoms. The predicted octanol–water partition coefficient (Wildman–Crippen LogP) is 3.21. The molecule has 0 amide bonds.